The molecule has 0 heterocycles. The van der Waals surface area contributed by atoms with Gasteiger partial charge in [-0.2, -0.15) is 0 Å². The second-order valence-corrected chi connectivity index (χ2v) is 6.94. The number of hydrogen-bond acceptors (Lipinski definition) is 2. The molecule has 114 valence electrons. The molecule has 0 unspecified atom stereocenters. The fourth-order valence-electron chi connectivity index (χ4n) is 2.69. The molecule has 0 amide bonds. The molecule has 0 aliphatic heterocycles. The van der Waals surface area contributed by atoms with Crippen LogP contribution >= 0.6 is 31.9 Å². The topological polar surface area (TPSA) is 29.3 Å². The first-order valence-corrected chi connectivity index (χ1v) is 9.10. The first-order valence-electron chi connectivity index (χ1n) is 7.51. The summed E-state index contributed by atoms with van der Waals surface area (Å²) in [6.07, 6.45) is 6.78. The number of nitrogens with two attached hydrogens (primary N) is 1. The normalized spacial score (nSPS) is 15.9. The second-order valence-electron chi connectivity index (χ2n) is 5.17. The second kappa shape index (κ2) is 9.06. The van der Waals surface area contributed by atoms with Crippen molar-refractivity contribution in [2.75, 3.05) is 12.8 Å². The summed E-state index contributed by atoms with van der Waals surface area (Å²) in [5.41, 5.74) is 8.20. The zero-order chi connectivity index (χ0) is 15.1. The highest BCUT2D eigenvalue weighted by atomic mass is 79.9. The molecule has 1 saturated carbocycles. The molecule has 0 bridgehead atoms. The first kappa shape index (κ1) is 18.0. The smallest absolute Gasteiger partial charge is 0.0504 e. The Kier molecular flexibility index (Phi) is 8.15. The summed E-state index contributed by atoms with van der Waals surface area (Å²) >= 11 is 7.04. The lowest BCUT2D eigenvalue weighted by molar-refractivity contribution is 0.185. The van der Waals surface area contributed by atoms with Gasteiger partial charge in [-0.1, -0.05) is 49.0 Å². The predicted molar refractivity (Wildman–Crippen MR) is 95.9 cm³/mol. The Morgan fingerprint density at radius 1 is 1.15 bits per heavy atom. The van der Waals surface area contributed by atoms with Crippen LogP contribution in [-0.4, -0.2) is 18.0 Å². The predicted octanol–water partition coefficient (Wildman–Crippen LogP) is 5.58. The van der Waals surface area contributed by atoms with Crippen LogP contribution in [0.1, 0.15) is 51.5 Å². The molecule has 20 heavy (non-hydrogen) atoms. The van der Waals surface area contributed by atoms with Crippen molar-refractivity contribution in [3.63, 3.8) is 0 Å². The van der Waals surface area contributed by atoms with Crippen LogP contribution in [-0.2, 0) is 6.54 Å². The van der Waals surface area contributed by atoms with Crippen molar-refractivity contribution in [3.8, 4) is 0 Å². The summed E-state index contributed by atoms with van der Waals surface area (Å²) < 4.78 is 2.06. The van der Waals surface area contributed by atoms with Gasteiger partial charge in [0.15, 0.2) is 0 Å². The minimum Gasteiger partial charge on any atom is -0.398 e. The Balaban J connectivity index is 0.000000956. The SMILES string of the molecule is CC.CN(Cc1cc(Br)cc(Br)c1N)C1CCCCC1. The molecule has 0 atom stereocenters. The van der Waals surface area contributed by atoms with Gasteiger partial charge >= 0.3 is 0 Å². The quantitative estimate of drug-likeness (QED) is 0.664. The minimum atomic E-state index is 0.718. The van der Waals surface area contributed by atoms with Crippen LogP contribution in [0.5, 0.6) is 0 Å². The van der Waals surface area contributed by atoms with E-state index in [2.05, 4.69) is 49.9 Å². The molecule has 2 nitrogen and oxygen atoms in total. The minimum absolute atomic E-state index is 0.718. The first-order chi connectivity index (χ1) is 9.58. The van der Waals surface area contributed by atoms with E-state index in [4.69, 9.17) is 5.73 Å². The molecule has 4 heteroatoms. The Labute approximate surface area is 140 Å². The van der Waals surface area contributed by atoms with Gasteiger partial charge in [-0.05, 0) is 53.5 Å². The molecular formula is C16H26Br2N2. The highest BCUT2D eigenvalue weighted by Crippen LogP contribution is 2.30. The number of hydrogen-bond donors (Lipinski definition) is 1. The van der Waals surface area contributed by atoms with Gasteiger partial charge in [0.1, 0.15) is 0 Å². The van der Waals surface area contributed by atoms with E-state index < -0.39 is 0 Å². The van der Waals surface area contributed by atoms with Gasteiger partial charge in [0.05, 0.1) is 5.69 Å². The zero-order valence-corrected chi connectivity index (χ0v) is 15.9. The molecule has 2 rings (SSSR count). The molecule has 1 aromatic carbocycles. The summed E-state index contributed by atoms with van der Waals surface area (Å²) in [7, 11) is 2.21. The lowest BCUT2D eigenvalue weighted by atomic mass is 9.94. The summed E-state index contributed by atoms with van der Waals surface area (Å²) in [5.74, 6) is 0. The third-order valence-corrected chi connectivity index (χ3v) is 4.91. The Morgan fingerprint density at radius 3 is 2.35 bits per heavy atom. The molecule has 1 fully saturated rings. The molecule has 0 radical (unpaired) electrons. The summed E-state index contributed by atoms with van der Waals surface area (Å²) in [4.78, 5) is 2.45. The lowest BCUT2D eigenvalue weighted by Gasteiger charge is -2.31. The maximum Gasteiger partial charge on any atom is 0.0504 e. The van der Waals surface area contributed by atoms with Crippen molar-refractivity contribution in [2.45, 2.75) is 58.5 Å². The summed E-state index contributed by atoms with van der Waals surface area (Å²) in [6, 6.07) is 4.84. The van der Waals surface area contributed by atoms with E-state index in [9.17, 15) is 0 Å². The Hall–Kier alpha value is -0.0600. The van der Waals surface area contributed by atoms with Crippen molar-refractivity contribution >= 4 is 37.5 Å². The third-order valence-electron chi connectivity index (χ3n) is 3.80. The zero-order valence-electron chi connectivity index (χ0n) is 12.8. The van der Waals surface area contributed by atoms with E-state index in [1.54, 1.807) is 0 Å². The number of nitrogens with zero attached hydrogens (tertiary/aromatic N) is 1. The average Bonchev–Trinajstić information content (AvgIpc) is 2.47. The molecule has 1 aromatic rings. The van der Waals surface area contributed by atoms with Crippen molar-refractivity contribution < 1.29 is 0 Å². The van der Waals surface area contributed by atoms with Crippen molar-refractivity contribution in [3.05, 3.63) is 26.6 Å². The average molecular weight is 406 g/mol. The molecule has 0 spiro atoms. The summed E-state index contributed by atoms with van der Waals surface area (Å²) in [5, 5.41) is 0. The van der Waals surface area contributed by atoms with E-state index in [-0.39, 0.29) is 0 Å². The van der Waals surface area contributed by atoms with Gasteiger partial charge in [0, 0.05) is 21.5 Å². The van der Waals surface area contributed by atoms with E-state index in [1.165, 1.54) is 37.7 Å². The van der Waals surface area contributed by atoms with Crippen LogP contribution in [0.3, 0.4) is 0 Å². The van der Waals surface area contributed by atoms with E-state index in [0.29, 0.717) is 0 Å². The number of benzene rings is 1. The largest absolute Gasteiger partial charge is 0.398 e. The van der Waals surface area contributed by atoms with Gasteiger partial charge in [-0.15, -0.1) is 0 Å². The molecule has 2 N–H and O–H groups in total. The van der Waals surface area contributed by atoms with Gasteiger partial charge < -0.3 is 5.73 Å². The third kappa shape index (κ3) is 5.05. The highest BCUT2D eigenvalue weighted by Gasteiger charge is 2.19. The van der Waals surface area contributed by atoms with Gasteiger partial charge in [-0.3, -0.25) is 4.90 Å². The van der Waals surface area contributed by atoms with Crippen LogP contribution in [0.25, 0.3) is 0 Å². The number of rotatable bonds is 3. The molecular weight excluding hydrogens is 380 g/mol. The van der Waals surface area contributed by atoms with E-state index in [1.807, 2.05) is 19.9 Å². The molecule has 1 aliphatic rings. The number of nitrogen functional groups attached to an aromatic ring is 1. The maximum absolute atomic E-state index is 6.13. The highest BCUT2D eigenvalue weighted by molar-refractivity contribution is 9.11. The van der Waals surface area contributed by atoms with Gasteiger partial charge in [-0.25, -0.2) is 0 Å². The number of halogens is 2. The monoisotopic (exact) mass is 404 g/mol. The van der Waals surface area contributed by atoms with Crippen LogP contribution in [0.15, 0.2) is 21.1 Å². The lowest BCUT2D eigenvalue weighted by Crippen LogP contribution is -2.33. The van der Waals surface area contributed by atoms with Gasteiger partial charge in [0.2, 0.25) is 0 Å². The fraction of sp³-hybridized carbons (Fsp3) is 0.625. The van der Waals surface area contributed by atoms with Crippen LogP contribution in [0.2, 0.25) is 0 Å². The maximum atomic E-state index is 6.13. The van der Waals surface area contributed by atoms with Crippen molar-refractivity contribution in [1.82, 2.24) is 4.90 Å². The Morgan fingerprint density at radius 2 is 1.75 bits per heavy atom. The van der Waals surface area contributed by atoms with Crippen LogP contribution in [0, 0.1) is 0 Å². The standard InChI is InChI=1S/C14H20Br2N2.C2H6/c1-18(12-5-3-2-4-6-12)9-10-7-11(15)8-13(16)14(10)17;1-2/h7-8,12H,2-6,9,17H2,1H3;1-2H3. The van der Waals surface area contributed by atoms with E-state index in [0.717, 1.165) is 27.2 Å². The fourth-order valence-corrected chi connectivity index (χ4v) is 4.00. The Bertz CT molecular complexity index is 415. The van der Waals surface area contributed by atoms with Crippen LogP contribution in [0.4, 0.5) is 5.69 Å². The van der Waals surface area contributed by atoms with Gasteiger partial charge in [0.25, 0.3) is 0 Å². The molecule has 0 saturated heterocycles. The number of anilines is 1. The van der Waals surface area contributed by atoms with Crippen molar-refractivity contribution in [1.29, 1.82) is 0 Å². The molecule has 0 aromatic heterocycles. The van der Waals surface area contributed by atoms with E-state index >= 15 is 0 Å². The van der Waals surface area contributed by atoms with Crippen molar-refractivity contribution in [2.24, 2.45) is 0 Å². The summed E-state index contributed by atoms with van der Waals surface area (Å²) in [6.45, 7) is 4.93. The van der Waals surface area contributed by atoms with Crippen LogP contribution < -0.4 is 5.73 Å². The molecule has 1 aliphatic carbocycles.